The number of fused-ring (bicyclic) bond motifs is 3. The minimum absolute atomic E-state index is 0.106. The lowest BCUT2D eigenvalue weighted by Gasteiger charge is -2.36. The van der Waals surface area contributed by atoms with E-state index in [4.69, 9.17) is 31.2 Å². The number of nitrogens with one attached hydrogen (secondary N) is 1. The van der Waals surface area contributed by atoms with Crippen molar-refractivity contribution in [2.24, 2.45) is 0 Å². The van der Waals surface area contributed by atoms with Crippen molar-refractivity contribution in [3.05, 3.63) is 127 Å². The smallest absolute Gasteiger partial charge is 0.416 e. The third kappa shape index (κ3) is 7.35. The molecule has 14 nitrogen and oxygen atoms in total. The number of carbonyl (C=O) groups excluding carboxylic acids is 2. The molecule has 1 saturated heterocycles. The molecule has 61 heavy (non-hydrogen) atoms. The summed E-state index contributed by atoms with van der Waals surface area (Å²) in [5.74, 6) is -0.258. The van der Waals surface area contributed by atoms with E-state index in [1.165, 1.54) is 10.8 Å². The number of piperazine rings is 1. The zero-order valence-electron chi connectivity index (χ0n) is 33.2. The van der Waals surface area contributed by atoms with Gasteiger partial charge in [-0.25, -0.2) is 9.97 Å². The predicted molar refractivity (Wildman–Crippen MR) is 219 cm³/mol. The number of carbonyl (C=O) groups is 2. The summed E-state index contributed by atoms with van der Waals surface area (Å²) in [5, 5.41) is 7.26. The van der Waals surface area contributed by atoms with Crippen LogP contribution in [0.2, 0.25) is 5.02 Å². The second-order valence-electron chi connectivity index (χ2n) is 15.1. The Morgan fingerprint density at radius 3 is 2.46 bits per heavy atom. The summed E-state index contributed by atoms with van der Waals surface area (Å²) in [6.45, 7) is 5.22. The van der Waals surface area contributed by atoms with Gasteiger partial charge in [0.25, 0.3) is 11.5 Å². The largest absolute Gasteiger partial charge is 0.485 e. The minimum Gasteiger partial charge on any atom is -0.485 e. The molecule has 1 N–H and O–H groups in total. The molecule has 18 heteroatoms. The number of aryl methyl sites for hydroxylation is 1. The van der Waals surface area contributed by atoms with Gasteiger partial charge in [0, 0.05) is 31.7 Å². The third-order valence-electron chi connectivity index (χ3n) is 11.5. The Kier molecular flexibility index (Phi) is 10.5. The number of aromatic nitrogens is 6. The van der Waals surface area contributed by atoms with Crippen molar-refractivity contribution in [3.8, 4) is 17.1 Å². The van der Waals surface area contributed by atoms with Gasteiger partial charge in [0.15, 0.2) is 17.3 Å². The van der Waals surface area contributed by atoms with Gasteiger partial charge < -0.3 is 29.2 Å². The Morgan fingerprint density at radius 1 is 0.967 bits per heavy atom. The maximum Gasteiger partial charge on any atom is 0.416 e. The van der Waals surface area contributed by atoms with E-state index >= 15 is 0 Å². The highest BCUT2D eigenvalue weighted by molar-refractivity contribution is 6.34. The highest BCUT2D eigenvalue weighted by Gasteiger charge is 2.39. The van der Waals surface area contributed by atoms with Gasteiger partial charge in [-0.3, -0.25) is 14.4 Å². The molecule has 0 spiro atoms. The highest BCUT2D eigenvalue weighted by Crippen LogP contribution is 2.45. The van der Waals surface area contributed by atoms with Gasteiger partial charge >= 0.3 is 6.18 Å². The van der Waals surface area contributed by atoms with E-state index < -0.39 is 23.2 Å². The molecular weight excluding hydrogens is 815 g/mol. The Hall–Kier alpha value is -6.33. The quantitative estimate of drug-likeness (QED) is 0.169. The van der Waals surface area contributed by atoms with E-state index in [0.29, 0.717) is 54.3 Å². The number of nitrogens with zero attached hydrogens (tertiary/aromatic N) is 8. The first kappa shape index (κ1) is 40.1. The number of benzene rings is 3. The normalized spacial score (nSPS) is 14.8. The van der Waals surface area contributed by atoms with Gasteiger partial charge in [-0.15, -0.1) is 5.10 Å². The first-order valence-corrected chi connectivity index (χ1v) is 20.2. The van der Waals surface area contributed by atoms with Crippen molar-refractivity contribution in [2.75, 3.05) is 36.4 Å². The van der Waals surface area contributed by atoms with Crippen LogP contribution in [0, 0.1) is 6.92 Å². The van der Waals surface area contributed by atoms with Crippen LogP contribution in [0.3, 0.4) is 0 Å². The lowest BCUT2D eigenvalue weighted by molar-refractivity contribution is -0.138. The fourth-order valence-corrected chi connectivity index (χ4v) is 8.62. The molecule has 6 aromatic rings. The summed E-state index contributed by atoms with van der Waals surface area (Å²) in [7, 11) is 0. The molecule has 9 rings (SSSR count). The van der Waals surface area contributed by atoms with Crippen LogP contribution < -0.4 is 20.5 Å². The fraction of sp³-hybridized carbons (Fsp3) is 0.326. The minimum atomic E-state index is -4.59. The molecule has 3 aromatic carbocycles. The molecule has 0 unspecified atom stereocenters. The van der Waals surface area contributed by atoms with Crippen LogP contribution in [-0.4, -0.2) is 72.0 Å². The van der Waals surface area contributed by atoms with E-state index in [1.54, 1.807) is 16.4 Å². The summed E-state index contributed by atoms with van der Waals surface area (Å²) in [4.78, 5) is 59.6. The molecule has 0 atom stereocenters. The Balaban J connectivity index is 1.04. The predicted octanol–water partition coefficient (Wildman–Crippen LogP) is 6.20. The molecule has 1 fully saturated rings. The molecular formula is C43H39ClF3N9O5. The number of hydrogen-bond donors (Lipinski definition) is 1. The van der Waals surface area contributed by atoms with Gasteiger partial charge in [-0.05, 0) is 60.1 Å². The molecule has 2 aliphatic heterocycles. The van der Waals surface area contributed by atoms with Crippen LogP contribution in [0.1, 0.15) is 62.2 Å². The number of halogens is 4. The Morgan fingerprint density at radius 2 is 1.74 bits per heavy atom. The zero-order chi connectivity index (χ0) is 42.6. The van der Waals surface area contributed by atoms with Gasteiger partial charge in [0.05, 0.1) is 40.9 Å². The summed E-state index contributed by atoms with van der Waals surface area (Å²) in [6.07, 6.45) is -2.42. The van der Waals surface area contributed by atoms with E-state index in [2.05, 4.69) is 15.3 Å². The number of alkyl halides is 3. The lowest BCUT2D eigenvalue weighted by Crippen LogP contribution is -2.51. The van der Waals surface area contributed by atoms with E-state index in [0.717, 1.165) is 22.8 Å². The number of hydrogen-bond acceptors (Lipinski definition) is 10. The molecule has 3 aromatic heterocycles. The molecule has 5 heterocycles. The maximum absolute atomic E-state index is 14.6. The molecule has 0 bridgehead atoms. The average Bonchev–Trinajstić information content (AvgIpc) is 3.91. The number of ether oxygens (including phenoxy) is 2. The van der Waals surface area contributed by atoms with Crippen LogP contribution in [-0.2, 0) is 61.3 Å². The molecule has 3 aliphatic rings. The standard InChI is InChI=1S/C43H39ClF3N9O5/c1-3-33-37(53-14-16-54(17-15-53)40(58)36-38(24(2)48-23-49-36)61-20-25-8-5-4-6-9-25)41(59)56-42(51-39(52-56)29-11-7-10-26-21-60-22-30(26)29)55(33)19-34(57)50-35-28-13-12-27(28)31(18-32(35)44)43(45,46)47/h4-11,18,23H,3,12-17,19-22H2,1-2H3,(H,50,57). The van der Waals surface area contributed by atoms with Crippen molar-refractivity contribution >= 4 is 40.6 Å². The molecule has 0 radical (unpaired) electrons. The van der Waals surface area contributed by atoms with Gasteiger partial charge in [-0.2, -0.15) is 22.7 Å². The topological polar surface area (TPSA) is 149 Å². The summed E-state index contributed by atoms with van der Waals surface area (Å²) in [6, 6.07) is 16.1. The molecule has 314 valence electrons. The number of anilines is 2. The van der Waals surface area contributed by atoms with Crippen molar-refractivity contribution < 1.29 is 32.2 Å². The van der Waals surface area contributed by atoms with Gasteiger partial charge in [-0.1, -0.05) is 67.1 Å². The maximum atomic E-state index is 14.6. The first-order valence-electron chi connectivity index (χ1n) is 19.9. The van der Waals surface area contributed by atoms with Crippen LogP contribution in [0.4, 0.5) is 24.5 Å². The van der Waals surface area contributed by atoms with Crippen LogP contribution in [0.5, 0.6) is 5.75 Å². The van der Waals surface area contributed by atoms with Crippen molar-refractivity contribution in [1.29, 1.82) is 0 Å². The second kappa shape index (κ2) is 15.9. The fourth-order valence-electron chi connectivity index (χ4n) is 8.34. The summed E-state index contributed by atoms with van der Waals surface area (Å²) < 4.78 is 56.0. The third-order valence-corrected chi connectivity index (χ3v) is 11.8. The molecule has 0 saturated carbocycles. The first-order chi connectivity index (χ1) is 29.4. The van der Waals surface area contributed by atoms with Crippen molar-refractivity contribution in [3.63, 3.8) is 0 Å². The highest BCUT2D eigenvalue weighted by atomic mass is 35.5. The van der Waals surface area contributed by atoms with Gasteiger partial charge in [0.2, 0.25) is 11.7 Å². The average molecular weight is 854 g/mol. The van der Waals surface area contributed by atoms with Crippen molar-refractivity contribution in [1.82, 2.24) is 34.0 Å². The van der Waals surface area contributed by atoms with E-state index in [-0.39, 0.29) is 90.9 Å². The van der Waals surface area contributed by atoms with Crippen molar-refractivity contribution in [2.45, 2.75) is 65.7 Å². The van der Waals surface area contributed by atoms with Crippen LogP contribution in [0.15, 0.2) is 65.7 Å². The molecule has 2 amide bonds. The Labute approximate surface area is 351 Å². The van der Waals surface area contributed by atoms with E-state index in [9.17, 15) is 27.6 Å². The SMILES string of the molecule is CCc1c(N2CCN(C(=O)c3ncnc(C)c3OCc3ccccc3)CC2)c(=O)n2nc(-c3cccc4c3COC4)nc2n1CC(=O)Nc1c(Cl)cc(C(F)(F)F)c2c1CC2. The monoisotopic (exact) mass is 853 g/mol. The molecule has 1 aliphatic carbocycles. The number of amides is 2. The summed E-state index contributed by atoms with van der Waals surface area (Å²) in [5.41, 5.74) is 4.23. The number of rotatable bonds is 10. The van der Waals surface area contributed by atoms with Crippen LogP contribution >= 0.6 is 11.6 Å². The van der Waals surface area contributed by atoms with E-state index in [1.807, 2.05) is 60.4 Å². The van der Waals surface area contributed by atoms with Gasteiger partial charge in [0.1, 0.15) is 25.2 Å². The Bertz CT molecular complexity index is 2790. The zero-order valence-corrected chi connectivity index (χ0v) is 33.9. The second-order valence-corrected chi connectivity index (χ2v) is 15.5. The van der Waals surface area contributed by atoms with Crippen LogP contribution in [0.25, 0.3) is 17.2 Å². The summed E-state index contributed by atoms with van der Waals surface area (Å²) >= 11 is 6.39. The lowest BCUT2D eigenvalue weighted by atomic mass is 9.83.